The molecule has 0 N–H and O–H groups in total. The van der Waals surface area contributed by atoms with Gasteiger partial charge in [0.2, 0.25) is 5.91 Å². The molecule has 0 saturated heterocycles. The van der Waals surface area contributed by atoms with E-state index in [-0.39, 0.29) is 0 Å². The van der Waals surface area contributed by atoms with Crippen molar-refractivity contribution in [1.82, 2.24) is 4.90 Å². The highest BCUT2D eigenvalue weighted by Crippen LogP contribution is 2.27. The fourth-order valence-electron chi connectivity index (χ4n) is 1.79. The lowest BCUT2D eigenvalue weighted by Crippen LogP contribution is -2.35. The van der Waals surface area contributed by atoms with Gasteiger partial charge < -0.3 is 4.90 Å². The first-order valence-corrected chi connectivity index (χ1v) is 9.85. The molecule has 0 aliphatic heterocycles. The molecule has 1 amide bonds. The van der Waals surface area contributed by atoms with Crippen LogP contribution in [0.15, 0.2) is 12.2 Å². The zero-order chi connectivity index (χ0) is 12.8. The second-order valence-electron chi connectivity index (χ2n) is 5.27. The van der Waals surface area contributed by atoms with Crippen LogP contribution in [0.4, 0.5) is 0 Å². The third-order valence-corrected chi connectivity index (χ3v) is 5.67. The third kappa shape index (κ3) is 4.97. The maximum atomic E-state index is 12.1. The van der Waals surface area contributed by atoms with E-state index in [1.807, 2.05) is 25.7 Å². The van der Waals surface area contributed by atoms with Crippen LogP contribution in [0, 0.1) is 0 Å². The molecule has 1 unspecified atom stereocenters. The molecule has 3 heteroatoms. The van der Waals surface area contributed by atoms with E-state index in [1.165, 1.54) is 0 Å². The molecule has 0 heterocycles. The number of nitrogens with zero attached hydrogens (tertiary/aromatic N) is 1. The number of hydrogen-bond donors (Lipinski definition) is 0. The monoisotopic (exact) mass is 241 g/mol. The fraction of sp³-hybridized carbons (Fsp3) is 0.769. The van der Waals surface area contributed by atoms with Crippen molar-refractivity contribution < 1.29 is 4.79 Å². The van der Waals surface area contributed by atoms with Gasteiger partial charge in [-0.25, -0.2) is 0 Å². The molecule has 0 rings (SSSR count). The molecule has 0 aromatic heterocycles. The van der Waals surface area contributed by atoms with Crippen LogP contribution in [-0.4, -0.2) is 32.0 Å². The van der Waals surface area contributed by atoms with Crippen molar-refractivity contribution >= 4 is 14.0 Å². The standard InChI is InChI=1S/C13H27NOSi/c1-7-10-12(16(4,5)6)11-13(15)14(8-2)9-3/h7,10,12H,8-9,11H2,1-6H3. The average molecular weight is 241 g/mol. The summed E-state index contributed by atoms with van der Waals surface area (Å²) in [5.74, 6) is 0.301. The van der Waals surface area contributed by atoms with Gasteiger partial charge in [0.15, 0.2) is 0 Å². The fourth-order valence-corrected chi connectivity index (χ4v) is 3.35. The minimum Gasteiger partial charge on any atom is -0.343 e. The van der Waals surface area contributed by atoms with E-state index in [0.29, 0.717) is 17.9 Å². The van der Waals surface area contributed by atoms with Gasteiger partial charge in [0.25, 0.3) is 0 Å². The van der Waals surface area contributed by atoms with Crippen LogP contribution in [-0.2, 0) is 4.79 Å². The van der Waals surface area contributed by atoms with Gasteiger partial charge in [-0.2, -0.15) is 0 Å². The van der Waals surface area contributed by atoms with Crippen molar-refractivity contribution in [1.29, 1.82) is 0 Å². The summed E-state index contributed by atoms with van der Waals surface area (Å²) in [6.07, 6.45) is 4.98. The normalized spacial score (nSPS) is 14.1. The zero-order valence-corrected chi connectivity index (χ0v) is 12.7. The summed E-state index contributed by atoms with van der Waals surface area (Å²) in [4.78, 5) is 14.0. The summed E-state index contributed by atoms with van der Waals surface area (Å²) < 4.78 is 0. The van der Waals surface area contributed by atoms with Crippen molar-refractivity contribution in [3.63, 3.8) is 0 Å². The molecule has 0 fully saturated rings. The molecule has 0 aliphatic rings. The molecule has 0 aliphatic carbocycles. The van der Waals surface area contributed by atoms with Crippen LogP contribution in [0.25, 0.3) is 0 Å². The number of hydrogen-bond acceptors (Lipinski definition) is 1. The smallest absolute Gasteiger partial charge is 0.222 e. The summed E-state index contributed by atoms with van der Waals surface area (Å²) >= 11 is 0. The molecule has 94 valence electrons. The highest BCUT2D eigenvalue weighted by Gasteiger charge is 2.27. The Labute approximate surface area is 102 Å². The molecule has 16 heavy (non-hydrogen) atoms. The maximum Gasteiger partial charge on any atom is 0.222 e. The number of allylic oxidation sites excluding steroid dienone is 2. The van der Waals surface area contributed by atoms with Crippen molar-refractivity contribution in [2.45, 2.75) is 52.4 Å². The van der Waals surface area contributed by atoms with Gasteiger partial charge in [0.1, 0.15) is 0 Å². The summed E-state index contributed by atoms with van der Waals surface area (Å²) in [7, 11) is -1.28. The molecule has 0 aromatic rings. The number of rotatable bonds is 6. The van der Waals surface area contributed by atoms with Gasteiger partial charge >= 0.3 is 0 Å². The Bertz CT molecular complexity index is 239. The molecular weight excluding hydrogens is 214 g/mol. The lowest BCUT2D eigenvalue weighted by atomic mass is 10.2. The average Bonchev–Trinajstić information content (AvgIpc) is 2.17. The Morgan fingerprint density at radius 1 is 1.25 bits per heavy atom. The Morgan fingerprint density at radius 3 is 2.06 bits per heavy atom. The first-order chi connectivity index (χ1) is 7.36. The van der Waals surface area contributed by atoms with Gasteiger partial charge in [-0.1, -0.05) is 31.8 Å². The van der Waals surface area contributed by atoms with E-state index in [2.05, 4.69) is 31.8 Å². The van der Waals surface area contributed by atoms with E-state index in [0.717, 1.165) is 13.1 Å². The maximum absolute atomic E-state index is 12.1. The van der Waals surface area contributed by atoms with Crippen molar-refractivity contribution in [2.24, 2.45) is 0 Å². The predicted molar refractivity (Wildman–Crippen MR) is 74.5 cm³/mol. The summed E-state index contributed by atoms with van der Waals surface area (Å²) in [5.41, 5.74) is 0.464. The second-order valence-corrected chi connectivity index (χ2v) is 10.7. The van der Waals surface area contributed by atoms with Crippen LogP contribution in [0.2, 0.25) is 25.2 Å². The summed E-state index contributed by atoms with van der Waals surface area (Å²) in [5, 5.41) is 0. The van der Waals surface area contributed by atoms with E-state index in [4.69, 9.17) is 0 Å². The predicted octanol–water partition coefficient (Wildman–Crippen LogP) is 3.53. The Morgan fingerprint density at radius 2 is 1.75 bits per heavy atom. The number of amides is 1. The zero-order valence-electron chi connectivity index (χ0n) is 11.7. The second kappa shape index (κ2) is 6.89. The van der Waals surface area contributed by atoms with E-state index in [9.17, 15) is 4.79 Å². The van der Waals surface area contributed by atoms with E-state index < -0.39 is 8.07 Å². The highest BCUT2D eigenvalue weighted by molar-refractivity contribution is 6.78. The van der Waals surface area contributed by atoms with Crippen molar-refractivity contribution in [2.75, 3.05) is 13.1 Å². The molecule has 0 bridgehead atoms. The quantitative estimate of drug-likeness (QED) is 0.514. The lowest BCUT2D eigenvalue weighted by molar-refractivity contribution is -0.130. The lowest BCUT2D eigenvalue weighted by Gasteiger charge is -2.28. The minimum atomic E-state index is -1.28. The van der Waals surface area contributed by atoms with Gasteiger partial charge in [0.05, 0.1) is 8.07 Å². The first-order valence-electron chi connectivity index (χ1n) is 6.27. The van der Waals surface area contributed by atoms with Crippen LogP contribution < -0.4 is 0 Å². The van der Waals surface area contributed by atoms with E-state index >= 15 is 0 Å². The van der Waals surface area contributed by atoms with Crippen LogP contribution in [0.5, 0.6) is 0 Å². The summed E-state index contributed by atoms with van der Waals surface area (Å²) in [6.45, 7) is 14.7. The Hall–Kier alpha value is -0.573. The van der Waals surface area contributed by atoms with E-state index in [1.54, 1.807) is 0 Å². The van der Waals surface area contributed by atoms with Gasteiger partial charge in [-0.3, -0.25) is 4.79 Å². The van der Waals surface area contributed by atoms with Gasteiger partial charge in [-0.05, 0) is 26.3 Å². The largest absolute Gasteiger partial charge is 0.343 e. The first kappa shape index (κ1) is 15.4. The van der Waals surface area contributed by atoms with Gasteiger partial charge in [-0.15, -0.1) is 0 Å². The molecule has 0 spiro atoms. The summed E-state index contributed by atoms with van der Waals surface area (Å²) in [6, 6.07) is 0. The molecule has 0 radical (unpaired) electrons. The molecule has 0 saturated carbocycles. The Kier molecular flexibility index (Phi) is 6.64. The number of carbonyl (C=O) groups excluding carboxylic acids is 1. The van der Waals surface area contributed by atoms with Crippen molar-refractivity contribution in [3.8, 4) is 0 Å². The van der Waals surface area contributed by atoms with Gasteiger partial charge in [0, 0.05) is 19.5 Å². The Balaban J connectivity index is 4.58. The third-order valence-electron chi connectivity index (χ3n) is 3.05. The molecule has 0 aromatic carbocycles. The molecule has 1 atom stereocenters. The highest BCUT2D eigenvalue weighted by atomic mass is 28.3. The van der Waals surface area contributed by atoms with Crippen LogP contribution in [0.1, 0.15) is 27.2 Å². The molecular formula is C13H27NOSi. The SMILES string of the molecule is CC=CC(CC(=O)N(CC)CC)[Si](C)(C)C. The topological polar surface area (TPSA) is 20.3 Å². The number of carbonyl (C=O) groups is 1. The molecule has 2 nitrogen and oxygen atoms in total. The van der Waals surface area contributed by atoms with Crippen LogP contribution >= 0.6 is 0 Å². The van der Waals surface area contributed by atoms with Crippen molar-refractivity contribution in [3.05, 3.63) is 12.2 Å². The minimum absolute atomic E-state index is 0.301. The van der Waals surface area contributed by atoms with Crippen LogP contribution in [0.3, 0.4) is 0 Å².